The molecule has 1 fully saturated rings. The predicted octanol–water partition coefficient (Wildman–Crippen LogP) is 2.81. The zero-order chi connectivity index (χ0) is 13.9. The Bertz CT molecular complexity index is 565. The van der Waals surface area contributed by atoms with E-state index in [4.69, 9.17) is 9.26 Å². The molecule has 2 unspecified atom stereocenters. The third kappa shape index (κ3) is 2.67. The number of aromatic nitrogens is 2. The molecule has 20 heavy (non-hydrogen) atoms. The fraction of sp³-hybridized carbons (Fsp3) is 0.467. The highest BCUT2D eigenvalue weighted by Crippen LogP contribution is 2.27. The van der Waals surface area contributed by atoms with Crippen molar-refractivity contribution in [2.75, 3.05) is 13.7 Å². The summed E-state index contributed by atoms with van der Waals surface area (Å²) in [7, 11) is 1.65. The summed E-state index contributed by atoms with van der Waals surface area (Å²) in [6.45, 7) is 3.26. The van der Waals surface area contributed by atoms with Crippen LogP contribution < -0.4 is 10.1 Å². The molecular weight excluding hydrogens is 254 g/mol. The minimum Gasteiger partial charge on any atom is -0.497 e. The lowest BCUT2D eigenvalue weighted by Crippen LogP contribution is -2.30. The maximum atomic E-state index is 5.41. The number of methoxy groups -OCH3 is 1. The quantitative estimate of drug-likeness (QED) is 0.931. The second-order valence-electron chi connectivity index (χ2n) is 5.32. The van der Waals surface area contributed by atoms with Crippen LogP contribution in [0.4, 0.5) is 0 Å². The first-order valence-electron chi connectivity index (χ1n) is 6.97. The van der Waals surface area contributed by atoms with Crippen LogP contribution in [0.1, 0.15) is 31.7 Å². The first kappa shape index (κ1) is 13.1. The Morgan fingerprint density at radius 1 is 1.30 bits per heavy atom. The van der Waals surface area contributed by atoms with Crippen LogP contribution in [0, 0.1) is 5.92 Å². The highest BCUT2D eigenvalue weighted by Gasteiger charge is 2.24. The highest BCUT2D eigenvalue weighted by atomic mass is 16.5. The SMILES string of the molecule is COc1ccc(-c2noc(C3CC(C)CCN3)n2)cc1. The lowest BCUT2D eigenvalue weighted by molar-refractivity contribution is 0.260. The van der Waals surface area contributed by atoms with Crippen molar-refractivity contribution in [2.24, 2.45) is 5.92 Å². The predicted molar refractivity (Wildman–Crippen MR) is 75.4 cm³/mol. The van der Waals surface area contributed by atoms with Gasteiger partial charge in [0.05, 0.1) is 13.2 Å². The van der Waals surface area contributed by atoms with Crippen molar-refractivity contribution in [1.29, 1.82) is 0 Å². The van der Waals surface area contributed by atoms with Crippen LogP contribution >= 0.6 is 0 Å². The molecule has 1 aliphatic heterocycles. The number of hydrogen-bond acceptors (Lipinski definition) is 5. The maximum absolute atomic E-state index is 5.41. The van der Waals surface area contributed by atoms with Gasteiger partial charge >= 0.3 is 0 Å². The van der Waals surface area contributed by atoms with Gasteiger partial charge in [-0.1, -0.05) is 12.1 Å². The molecule has 2 atom stereocenters. The maximum Gasteiger partial charge on any atom is 0.244 e. The fourth-order valence-electron chi connectivity index (χ4n) is 2.53. The second-order valence-corrected chi connectivity index (χ2v) is 5.32. The lowest BCUT2D eigenvalue weighted by atomic mass is 9.94. The number of benzene rings is 1. The molecule has 0 bridgehead atoms. The number of nitrogens with zero attached hydrogens (tertiary/aromatic N) is 2. The van der Waals surface area contributed by atoms with Crippen molar-refractivity contribution in [1.82, 2.24) is 15.5 Å². The summed E-state index contributed by atoms with van der Waals surface area (Å²) in [5.41, 5.74) is 0.935. The van der Waals surface area contributed by atoms with Crippen molar-refractivity contribution in [3.8, 4) is 17.1 Å². The van der Waals surface area contributed by atoms with Gasteiger partial charge in [-0.2, -0.15) is 4.98 Å². The van der Waals surface area contributed by atoms with E-state index in [9.17, 15) is 0 Å². The summed E-state index contributed by atoms with van der Waals surface area (Å²) < 4.78 is 10.6. The van der Waals surface area contributed by atoms with Gasteiger partial charge in [0.25, 0.3) is 0 Å². The smallest absolute Gasteiger partial charge is 0.244 e. The van der Waals surface area contributed by atoms with Crippen LogP contribution in [-0.4, -0.2) is 23.8 Å². The lowest BCUT2D eigenvalue weighted by Gasteiger charge is -2.25. The molecule has 0 amide bonds. The van der Waals surface area contributed by atoms with E-state index in [-0.39, 0.29) is 6.04 Å². The topological polar surface area (TPSA) is 60.2 Å². The molecule has 1 saturated heterocycles. The van der Waals surface area contributed by atoms with E-state index in [0.29, 0.717) is 17.6 Å². The average Bonchev–Trinajstić information content (AvgIpc) is 2.97. The molecule has 106 valence electrons. The molecule has 0 radical (unpaired) electrons. The van der Waals surface area contributed by atoms with Crippen LogP contribution in [0.5, 0.6) is 5.75 Å². The van der Waals surface area contributed by atoms with E-state index in [2.05, 4.69) is 22.4 Å². The number of hydrogen-bond donors (Lipinski definition) is 1. The summed E-state index contributed by atoms with van der Waals surface area (Å²) in [5.74, 6) is 2.82. The molecule has 0 spiro atoms. The third-order valence-corrected chi connectivity index (χ3v) is 3.75. The molecule has 5 nitrogen and oxygen atoms in total. The van der Waals surface area contributed by atoms with Gasteiger partial charge in [-0.15, -0.1) is 0 Å². The van der Waals surface area contributed by atoms with Crippen molar-refractivity contribution in [2.45, 2.75) is 25.8 Å². The van der Waals surface area contributed by atoms with Crippen molar-refractivity contribution in [3.63, 3.8) is 0 Å². The highest BCUT2D eigenvalue weighted by molar-refractivity contribution is 5.55. The molecule has 1 aliphatic rings. The Balaban J connectivity index is 1.78. The van der Waals surface area contributed by atoms with Crippen molar-refractivity contribution < 1.29 is 9.26 Å². The second kappa shape index (κ2) is 5.63. The standard InChI is InChI=1S/C15H19N3O2/c1-10-7-8-16-13(9-10)15-17-14(18-20-15)11-3-5-12(19-2)6-4-11/h3-6,10,13,16H,7-9H2,1-2H3. The summed E-state index contributed by atoms with van der Waals surface area (Å²) in [6.07, 6.45) is 2.25. The largest absolute Gasteiger partial charge is 0.497 e. The van der Waals surface area contributed by atoms with Crippen molar-refractivity contribution >= 4 is 0 Å². The van der Waals surface area contributed by atoms with Gasteiger partial charge in [0.2, 0.25) is 11.7 Å². The average molecular weight is 273 g/mol. The summed E-state index contributed by atoms with van der Waals surface area (Å²) in [5, 5.41) is 7.51. The Morgan fingerprint density at radius 2 is 2.10 bits per heavy atom. The Hall–Kier alpha value is -1.88. The number of rotatable bonds is 3. The number of piperidine rings is 1. The Morgan fingerprint density at radius 3 is 2.80 bits per heavy atom. The van der Waals surface area contributed by atoms with E-state index < -0.39 is 0 Å². The van der Waals surface area contributed by atoms with E-state index in [1.807, 2.05) is 24.3 Å². The molecule has 2 heterocycles. The van der Waals surface area contributed by atoms with Gasteiger partial charge in [0, 0.05) is 5.56 Å². The van der Waals surface area contributed by atoms with Crippen LogP contribution in [0.3, 0.4) is 0 Å². The van der Waals surface area contributed by atoms with Crippen LogP contribution in [0.15, 0.2) is 28.8 Å². The molecular formula is C15H19N3O2. The summed E-state index contributed by atoms with van der Waals surface area (Å²) in [6, 6.07) is 7.84. The first-order valence-corrected chi connectivity index (χ1v) is 6.97. The van der Waals surface area contributed by atoms with Crippen LogP contribution in [0.2, 0.25) is 0 Å². The van der Waals surface area contributed by atoms with Gasteiger partial charge in [-0.3, -0.25) is 0 Å². The number of nitrogens with one attached hydrogen (secondary N) is 1. The van der Waals surface area contributed by atoms with E-state index >= 15 is 0 Å². The molecule has 0 saturated carbocycles. The molecule has 1 N–H and O–H groups in total. The van der Waals surface area contributed by atoms with E-state index in [0.717, 1.165) is 24.3 Å². The third-order valence-electron chi connectivity index (χ3n) is 3.75. The van der Waals surface area contributed by atoms with Gasteiger partial charge in [-0.05, 0) is 49.6 Å². The van der Waals surface area contributed by atoms with Gasteiger partial charge in [0.15, 0.2) is 0 Å². The minimum atomic E-state index is 0.179. The first-order chi connectivity index (χ1) is 9.76. The van der Waals surface area contributed by atoms with E-state index in [1.165, 1.54) is 6.42 Å². The number of ether oxygens (including phenoxy) is 1. The monoisotopic (exact) mass is 273 g/mol. The molecule has 1 aromatic heterocycles. The Labute approximate surface area is 118 Å². The normalized spacial score (nSPS) is 22.7. The zero-order valence-corrected chi connectivity index (χ0v) is 11.8. The molecule has 2 aromatic rings. The molecule has 1 aromatic carbocycles. The Kier molecular flexibility index (Phi) is 3.69. The molecule has 3 rings (SSSR count). The molecule has 5 heteroatoms. The van der Waals surface area contributed by atoms with Gasteiger partial charge in [-0.25, -0.2) is 0 Å². The van der Waals surface area contributed by atoms with Crippen LogP contribution in [0.25, 0.3) is 11.4 Å². The fourth-order valence-corrected chi connectivity index (χ4v) is 2.53. The summed E-state index contributed by atoms with van der Waals surface area (Å²) in [4.78, 5) is 4.51. The zero-order valence-electron chi connectivity index (χ0n) is 11.8. The van der Waals surface area contributed by atoms with Crippen LogP contribution in [-0.2, 0) is 0 Å². The van der Waals surface area contributed by atoms with Crippen molar-refractivity contribution in [3.05, 3.63) is 30.2 Å². The van der Waals surface area contributed by atoms with E-state index in [1.54, 1.807) is 7.11 Å². The minimum absolute atomic E-state index is 0.179. The van der Waals surface area contributed by atoms with Gasteiger partial charge < -0.3 is 14.6 Å². The summed E-state index contributed by atoms with van der Waals surface area (Å²) >= 11 is 0. The molecule has 0 aliphatic carbocycles. The van der Waals surface area contributed by atoms with Gasteiger partial charge in [0.1, 0.15) is 5.75 Å².